The van der Waals surface area contributed by atoms with Gasteiger partial charge in [-0.2, -0.15) is 0 Å². The minimum absolute atomic E-state index is 0. The third kappa shape index (κ3) is 7.61. The second-order valence-corrected chi connectivity index (χ2v) is 7.81. The molecule has 1 fully saturated rings. The fraction of sp³-hybridized carbons (Fsp3) is 0.280. The number of hydrogen-bond acceptors (Lipinski definition) is 4. The summed E-state index contributed by atoms with van der Waals surface area (Å²) < 4.78 is 0. The number of anilines is 1. The Bertz CT molecular complexity index is 996. The van der Waals surface area contributed by atoms with Gasteiger partial charge in [-0.3, -0.25) is 9.78 Å². The van der Waals surface area contributed by atoms with E-state index in [-0.39, 0.29) is 43.1 Å². The maximum atomic E-state index is 13.0. The molecule has 0 aliphatic carbocycles. The summed E-state index contributed by atoms with van der Waals surface area (Å²) in [5.41, 5.74) is 11.1. The summed E-state index contributed by atoms with van der Waals surface area (Å²) in [6.07, 6.45) is 5.58. The predicted octanol–water partition coefficient (Wildman–Crippen LogP) is 5.44. The van der Waals surface area contributed by atoms with Gasteiger partial charge in [0.1, 0.15) is 0 Å². The molecule has 3 N–H and O–H groups in total. The van der Waals surface area contributed by atoms with Gasteiger partial charge >= 0.3 is 0 Å². The maximum Gasteiger partial charge on any atom is 0.253 e. The highest BCUT2D eigenvalue weighted by molar-refractivity contribution is 5.95. The normalized spacial score (nSPS) is 13.2. The number of pyridine rings is 1. The van der Waals surface area contributed by atoms with E-state index in [1.165, 1.54) is 11.1 Å². The van der Waals surface area contributed by atoms with Crippen molar-refractivity contribution in [2.24, 2.45) is 5.73 Å². The van der Waals surface area contributed by atoms with Crippen molar-refractivity contribution in [3.8, 4) is 0 Å². The lowest BCUT2D eigenvalue weighted by Gasteiger charge is -2.32. The predicted molar refractivity (Wildman–Crippen MR) is 142 cm³/mol. The average molecular weight is 510 g/mol. The van der Waals surface area contributed by atoms with Gasteiger partial charge in [0.15, 0.2) is 0 Å². The van der Waals surface area contributed by atoms with E-state index in [0.29, 0.717) is 19.0 Å². The lowest BCUT2D eigenvalue weighted by molar-refractivity contribution is 0.0713. The molecule has 5 nitrogen and oxygen atoms in total. The van der Waals surface area contributed by atoms with Crippen molar-refractivity contribution in [1.29, 1.82) is 0 Å². The molecule has 2 heterocycles. The van der Waals surface area contributed by atoms with Crippen molar-refractivity contribution >= 4 is 48.8 Å². The molecular formula is C25H31Cl3N4O. The van der Waals surface area contributed by atoms with Crippen LogP contribution in [0.25, 0.3) is 0 Å². The zero-order valence-electron chi connectivity index (χ0n) is 18.4. The lowest BCUT2D eigenvalue weighted by atomic mass is 9.88. The number of rotatable bonds is 6. The van der Waals surface area contributed by atoms with E-state index in [2.05, 4.69) is 34.6 Å². The van der Waals surface area contributed by atoms with E-state index >= 15 is 0 Å². The molecule has 0 atom stereocenters. The molecule has 178 valence electrons. The van der Waals surface area contributed by atoms with Crippen molar-refractivity contribution in [2.75, 3.05) is 18.4 Å². The number of likely N-dealkylation sites (tertiary alicyclic amines) is 1. The number of nitrogens with two attached hydrogens (primary N) is 1. The molecule has 1 aliphatic rings. The summed E-state index contributed by atoms with van der Waals surface area (Å²) in [4.78, 5) is 19.2. The summed E-state index contributed by atoms with van der Waals surface area (Å²) in [6, 6.07) is 20.3. The van der Waals surface area contributed by atoms with Gasteiger partial charge in [-0.05, 0) is 59.7 Å². The van der Waals surface area contributed by atoms with Crippen molar-refractivity contribution in [3.63, 3.8) is 0 Å². The number of carbonyl (C=O) groups is 1. The number of hydrogen-bond donors (Lipinski definition) is 2. The SMILES string of the molecule is Cl.Cl.Cl.NCc1cccc(C2CCN(C(=O)c3cccc(NCc4cccnc4)c3)CC2)c1. The van der Waals surface area contributed by atoms with Crippen LogP contribution in [0.4, 0.5) is 5.69 Å². The number of piperidine rings is 1. The van der Waals surface area contributed by atoms with Gasteiger partial charge in [0.05, 0.1) is 0 Å². The second kappa shape index (κ2) is 14.1. The molecule has 1 saturated heterocycles. The van der Waals surface area contributed by atoms with Crippen LogP contribution in [0.1, 0.15) is 45.8 Å². The first-order chi connectivity index (χ1) is 14.7. The number of amides is 1. The Kier molecular flexibility index (Phi) is 12.2. The van der Waals surface area contributed by atoms with Crippen LogP contribution in [0, 0.1) is 0 Å². The Morgan fingerprint density at radius 1 is 0.970 bits per heavy atom. The Morgan fingerprint density at radius 2 is 1.70 bits per heavy atom. The fourth-order valence-corrected chi connectivity index (χ4v) is 4.04. The minimum Gasteiger partial charge on any atom is -0.381 e. The fourth-order valence-electron chi connectivity index (χ4n) is 4.04. The van der Waals surface area contributed by atoms with E-state index in [1.54, 1.807) is 6.20 Å². The molecule has 1 amide bonds. The number of nitrogens with zero attached hydrogens (tertiary/aromatic N) is 2. The molecule has 2 aromatic carbocycles. The van der Waals surface area contributed by atoms with Gasteiger partial charge in [-0.1, -0.05) is 36.4 Å². The number of aromatic nitrogens is 1. The first-order valence-electron chi connectivity index (χ1n) is 10.5. The van der Waals surface area contributed by atoms with Crippen LogP contribution in [-0.2, 0) is 13.1 Å². The largest absolute Gasteiger partial charge is 0.381 e. The molecule has 33 heavy (non-hydrogen) atoms. The lowest BCUT2D eigenvalue weighted by Crippen LogP contribution is -2.37. The van der Waals surface area contributed by atoms with Crippen LogP contribution in [0.2, 0.25) is 0 Å². The van der Waals surface area contributed by atoms with E-state index in [4.69, 9.17) is 5.73 Å². The Morgan fingerprint density at radius 3 is 2.39 bits per heavy atom. The van der Waals surface area contributed by atoms with E-state index in [0.717, 1.165) is 42.7 Å². The van der Waals surface area contributed by atoms with Gasteiger partial charge in [0.2, 0.25) is 0 Å². The monoisotopic (exact) mass is 508 g/mol. The Labute approximate surface area is 214 Å². The number of nitrogens with one attached hydrogen (secondary N) is 1. The molecule has 0 radical (unpaired) electrons. The summed E-state index contributed by atoms with van der Waals surface area (Å²) in [7, 11) is 0. The zero-order chi connectivity index (χ0) is 20.8. The summed E-state index contributed by atoms with van der Waals surface area (Å²) in [6.45, 7) is 2.81. The van der Waals surface area contributed by atoms with Crippen LogP contribution in [0.3, 0.4) is 0 Å². The Hall–Kier alpha value is -2.31. The molecule has 0 unspecified atom stereocenters. The Balaban J connectivity index is 0.00000181. The molecule has 8 heteroatoms. The van der Waals surface area contributed by atoms with Crippen LogP contribution >= 0.6 is 37.2 Å². The van der Waals surface area contributed by atoms with Gasteiger partial charge in [-0.15, -0.1) is 37.2 Å². The summed E-state index contributed by atoms with van der Waals surface area (Å²) >= 11 is 0. The van der Waals surface area contributed by atoms with Gasteiger partial charge < -0.3 is 16.0 Å². The summed E-state index contributed by atoms with van der Waals surface area (Å²) in [5, 5.41) is 3.38. The smallest absolute Gasteiger partial charge is 0.253 e. The standard InChI is InChI=1S/C25H28N4O.3ClH/c26-16-19-4-1-6-22(14-19)21-9-12-29(13-10-21)25(30)23-7-2-8-24(15-23)28-18-20-5-3-11-27-17-20;;;/h1-8,11,14-15,17,21,28H,9-10,12-13,16,18,26H2;3*1H. The molecule has 0 bridgehead atoms. The highest BCUT2D eigenvalue weighted by atomic mass is 35.5. The quantitative estimate of drug-likeness (QED) is 0.464. The van der Waals surface area contributed by atoms with E-state index < -0.39 is 0 Å². The highest BCUT2D eigenvalue weighted by Gasteiger charge is 2.24. The van der Waals surface area contributed by atoms with Crippen LogP contribution in [0.5, 0.6) is 0 Å². The zero-order valence-corrected chi connectivity index (χ0v) is 20.8. The van der Waals surface area contributed by atoms with Crippen molar-refractivity contribution < 1.29 is 4.79 Å². The third-order valence-electron chi connectivity index (χ3n) is 5.77. The molecule has 4 rings (SSSR count). The van der Waals surface area contributed by atoms with Crippen LogP contribution in [-0.4, -0.2) is 28.9 Å². The van der Waals surface area contributed by atoms with Crippen molar-refractivity contribution in [3.05, 3.63) is 95.3 Å². The molecule has 0 spiro atoms. The molecule has 3 aromatic rings. The van der Waals surface area contributed by atoms with Crippen LogP contribution < -0.4 is 11.1 Å². The van der Waals surface area contributed by atoms with Gasteiger partial charge in [0, 0.05) is 49.8 Å². The van der Waals surface area contributed by atoms with Gasteiger partial charge in [0.25, 0.3) is 5.91 Å². The minimum atomic E-state index is 0. The van der Waals surface area contributed by atoms with Crippen molar-refractivity contribution in [1.82, 2.24) is 9.88 Å². The third-order valence-corrected chi connectivity index (χ3v) is 5.77. The molecule has 1 aliphatic heterocycles. The second-order valence-electron chi connectivity index (χ2n) is 7.81. The first kappa shape index (κ1) is 28.7. The first-order valence-corrected chi connectivity index (χ1v) is 10.5. The van der Waals surface area contributed by atoms with E-state index in [1.807, 2.05) is 47.5 Å². The topological polar surface area (TPSA) is 71.2 Å². The van der Waals surface area contributed by atoms with Crippen molar-refractivity contribution in [2.45, 2.75) is 31.8 Å². The number of halogens is 3. The average Bonchev–Trinajstić information content (AvgIpc) is 2.83. The van der Waals surface area contributed by atoms with Gasteiger partial charge in [-0.25, -0.2) is 0 Å². The molecule has 0 saturated carbocycles. The van der Waals surface area contributed by atoms with E-state index in [9.17, 15) is 4.79 Å². The molecular weight excluding hydrogens is 479 g/mol. The number of carbonyl (C=O) groups excluding carboxylic acids is 1. The van der Waals surface area contributed by atoms with Crippen LogP contribution in [0.15, 0.2) is 73.1 Å². The maximum absolute atomic E-state index is 13.0. The summed E-state index contributed by atoms with van der Waals surface area (Å²) in [5.74, 6) is 0.599. The highest BCUT2D eigenvalue weighted by Crippen LogP contribution is 2.29. The number of benzene rings is 2. The molecule has 1 aromatic heterocycles.